The Labute approximate surface area is 131 Å². The topological polar surface area (TPSA) is 65.1 Å². The highest BCUT2D eigenvalue weighted by atomic mass is 79.9. The first-order valence-electron chi connectivity index (χ1n) is 5.88. The molecule has 0 spiro atoms. The van der Waals surface area contributed by atoms with E-state index >= 15 is 0 Å². The molecule has 5 nitrogen and oxygen atoms in total. The fourth-order valence-corrected chi connectivity index (χ4v) is 2.54. The molecule has 0 saturated carbocycles. The minimum Gasteiger partial charge on any atom is -0.497 e. The van der Waals surface area contributed by atoms with Gasteiger partial charge in [0.2, 0.25) is 0 Å². The summed E-state index contributed by atoms with van der Waals surface area (Å²) in [5.41, 5.74) is 8.17. The van der Waals surface area contributed by atoms with Crippen molar-refractivity contribution in [2.24, 2.45) is 12.8 Å². The lowest BCUT2D eigenvalue weighted by Crippen LogP contribution is -2.13. The average Bonchev–Trinajstić information content (AvgIpc) is 2.66. The van der Waals surface area contributed by atoms with Crippen molar-refractivity contribution in [1.29, 1.82) is 0 Å². The molecule has 0 unspecified atom stereocenters. The third-order valence-corrected chi connectivity index (χ3v) is 3.79. The number of anilines is 2. The molecule has 0 saturated heterocycles. The average molecular weight is 355 g/mol. The Morgan fingerprint density at radius 2 is 2.20 bits per heavy atom. The van der Waals surface area contributed by atoms with Crippen LogP contribution >= 0.6 is 28.1 Å². The Hall–Kier alpha value is -1.60. The molecule has 0 radical (unpaired) electrons. The van der Waals surface area contributed by atoms with Gasteiger partial charge in [-0.05, 0) is 35.0 Å². The summed E-state index contributed by atoms with van der Waals surface area (Å²) in [5, 5.41) is 7.63. The van der Waals surface area contributed by atoms with Crippen LogP contribution in [0.2, 0.25) is 0 Å². The summed E-state index contributed by atoms with van der Waals surface area (Å²) in [7, 11) is 3.47. The second-order valence-corrected chi connectivity index (χ2v) is 5.56. The lowest BCUT2D eigenvalue weighted by Gasteiger charge is -2.12. The third kappa shape index (κ3) is 2.78. The normalized spacial score (nSPS) is 10.4. The van der Waals surface area contributed by atoms with Crippen molar-refractivity contribution in [1.82, 2.24) is 9.78 Å². The quantitative estimate of drug-likeness (QED) is 0.826. The van der Waals surface area contributed by atoms with E-state index in [4.69, 9.17) is 22.7 Å². The molecule has 0 bridgehead atoms. The number of benzene rings is 1. The first-order chi connectivity index (χ1) is 9.43. The lowest BCUT2D eigenvalue weighted by molar-refractivity contribution is 0.415. The van der Waals surface area contributed by atoms with E-state index in [9.17, 15) is 0 Å². The zero-order chi connectivity index (χ0) is 14.9. The van der Waals surface area contributed by atoms with Crippen LogP contribution in [0.1, 0.15) is 11.3 Å². The van der Waals surface area contributed by atoms with Crippen molar-refractivity contribution >= 4 is 44.6 Å². The highest BCUT2D eigenvalue weighted by molar-refractivity contribution is 9.10. The van der Waals surface area contributed by atoms with E-state index in [0.29, 0.717) is 4.99 Å². The number of methoxy groups -OCH3 is 1. The lowest BCUT2D eigenvalue weighted by atomic mass is 10.2. The van der Waals surface area contributed by atoms with Crippen LogP contribution < -0.4 is 15.8 Å². The standard InChI is InChI=1S/C13H15BrN4OS/c1-7-11(12(15)20)13(18(2)17-7)16-10-6-8(19-3)4-5-9(10)14/h4-6,16H,1-3H3,(H2,15,20). The molecule has 2 rings (SSSR count). The Kier molecular flexibility index (Phi) is 4.29. The van der Waals surface area contributed by atoms with Gasteiger partial charge in [0.1, 0.15) is 16.6 Å². The number of halogens is 1. The second kappa shape index (κ2) is 5.80. The molecule has 0 atom stereocenters. The first kappa shape index (κ1) is 14.8. The number of aryl methyl sites for hydroxylation is 2. The number of hydrogen-bond acceptors (Lipinski definition) is 4. The number of nitrogens with zero attached hydrogens (tertiary/aromatic N) is 2. The molecule has 0 aliphatic heterocycles. The van der Waals surface area contributed by atoms with Gasteiger partial charge in [-0.1, -0.05) is 12.2 Å². The molecule has 20 heavy (non-hydrogen) atoms. The number of rotatable bonds is 4. The fraction of sp³-hybridized carbons (Fsp3) is 0.231. The predicted octanol–water partition coefficient (Wildman–Crippen LogP) is 2.88. The van der Waals surface area contributed by atoms with Crippen LogP contribution in [0.5, 0.6) is 5.75 Å². The van der Waals surface area contributed by atoms with Crippen LogP contribution in [0, 0.1) is 6.92 Å². The van der Waals surface area contributed by atoms with E-state index in [1.165, 1.54) is 0 Å². The van der Waals surface area contributed by atoms with Gasteiger partial charge in [0.05, 0.1) is 24.1 Å². The van der Waals surface area contributed by atoms with E-state index in [1.54, 1.807) is 11.8 Å². The predicted molar refractivity (Wildman–Crippen MR) is 87.8 cm³/mol. The minimum absolute atomic E-state index is 0.317. The summed E-state index contributed by atoms with van der Waals surface area (Å²) >= 11 is 8.59. The van der Waals surface area contributed by atoms with Crippen molar-refractivity contribution in [2.45, 2.75) is 6.92 Å². The summed E-state index contributed by atoms with van der Waals surface area (Å²) in [6, 6.07) is 5.67. The zero-order valence-corrected chi connectivity index (χ0v) is 13.8. The fourth-order valence-electron chi connectivity index (χ4n) is 1.95. The maximum atomic E-state index is 5.78. The van der Waals surface area contributed by atoms with Crippen LogP contribution in [0.4, 0.5) is 11.5 Å². The molecule has 106 valence electrons. The Bertz CT molecular complexity index is 669. The van der Waals surface area contributed by atoms with Crippen molar-refractivity contribution in [2.75, 3.05) is 12.4 Å². The molecule has 7 heteroatoms. The van der Waals surface area contributed by atoms with Gasteiger partial charge in [-0.25, -0.2) is 0 Å². The second-order valence-electron chi connectivity index (χ2n) is 4.27. The summed E-state index contributed by atoms with van der Waals surface area (Å²) < 4.78 is 7.85. The zero-order valence-electron chi connectivity index (χ0n) is 11.4. The maximum absolute atomic E-state index is 5.78. The van der Waals surface area contributed by atoms with Gasteiger partial charge in [-0.2, -0.15) is 5.10 Å². The van der Waals surface area contributed by atoms with Crippen molar-refractivity contribution in [3.63, 3.8) is 0 Å². The molecule has 1 aromatic heterocycles. The van der Waals surface area contributed by atoms with Gasteiger partial charge in [0.25, 0.3) is 0 Å². The monoisotopic (exact) mass is 354 g/mol. The first-order valence-corrected chi connectivity index (χ1v) is 7.08. The van der Waals surface area contributed by atoms with E-state index < -0.39 is 0 Å². The third-order valence-electron chi connectivity index (χ3n) is 2.90. The number of hydrogen-bond donors (Lipinski definition) is 2. The SMILES string of the molecule is COc1ccc(Br)c(Nc2c(C(N)=S)c(C)nn2C)c1. The number of nitrogens with one attached hydrogen (secondary N) is 1. The molecule has 1 heterocycles. The molecule has 0 aliphatic carbocycles. The molecule has 0 amide bonds. The Morgan fingerprint density at radius 1 is 1.50 bits per heavy atom. The van der Waals surface area contributed by atoms with Crippen LogP contribution in [-0.4, -0.2) is 21.9 Å². The van der Waals surface area contributed by atoms with E-state index in [2.05, 4.69) is 26.3 Å². The molecular weight excluding hydrogens is 340 g/mol. The molecule has 0 fully saturated rings. The van der Waals surface area contributed by atoms with Crippen LogP contribution in [0.15, 0.2) is 22.7 Å². The van der Waals surface area contributed by atoms with Gasteiger partial charge < -0.3 is 15.8 Å². The van der Waals surface area contributed by atoms with E-state index in [1.807, 2.05) is 32.2 Å². The van der Waals surface area contributed by atoms with Crippen LogP contribution in [-0.2, 0) is 7.05 Å². The number of aromatic nitrogens is 2. The Balaban J connectivity index is 2.47. The Morgan fingerprint density at radius 3 is 2.80 bits per heavy atom. The van der Waals surface area contributed by atoms with Gasteiger partial charge in [-0.3, -0.25) is 4.68 Å². The maximum Gasteiger partial charge on any atom is 0.138 e. The summed E-state index contributed by atoms with van der Waals surface area (Å²) in [6.45, 7) is 1.88. The largest absolute Gasteiger partial charge is 0.497 e. The minimum atomic E-state index is 0.317. The number of thiocarbonyl (C=S) groups is 1. The highest BCUT2D eigenvalue weighted by Crippen LogP contribution is 2.31. The number of nitrogens with two attached hydrogens (primary N) is 1. The smallest absolute Gasteiger partial charge is 0.138 e. The molecule has 0 aliphatic rings. The molecule has 2 aromatic rings. The highest BCUT2D eigenvalue weighted by Gasteiger charge is 2.16. The van der Waals surface area contributed by atoms with Gasteiger partial charge >= 0.3 is 0 Å². The van der Waals surface area contributed by atoms with Crippen molar-refractivity contribution in [3.05, 3.63) is 33.9 Å². The van der Waals surface area contributed by atoms with Crippen molar-refractivity contribution < 1.29 is 4.74 Å². The summed E-state index contributed by atoms with van der Waals surface area (Å²) in [5.74, 6) is 1.51. The summed E-state index contributed by atoms with van der Waals surface area (Å²) in [4.78, 5) is 0.317. The van der Waals surface area contributed by atoms with E-state index in [-0.39, 0.29) is 0 Å². The molecule has 1 aromatic carbocycles. The van der Waals surface area contributed by atoms with E-state index in [0.717, 1.165) is 33.0 Å². The molecule has 3 N–H and O–H groups in total. The van der Waals surface area contributed by atoms with Gasteiger partial charge in [-0.15, -0.1) is 0 Å². The molecular formula is C13H15BrN4OS. The number of ether oxygens (including phenoxy) is 1. The summed E-state index contributed by atoms with van der Waals surface area (Å²) in [6.07, 6.45) is 0. The van der Waals surface area contributed by atoms with Crippen LogP contribution in [0.25, 0.3) is 0 Å². The van der Waals surface area contributed by atoms with Crippen LogP contribution in [0.3, 0.4) is 0 Å². The van der Waals surface area contributed by atoms with Gasteiger partial charge in [0.15, 0.2) is 0 Å². The van der Waals surface area contributed by atoms with Crippen molar-refractivity contribution in [3.8, 4) is 5.75 Å². The van der Waals surface area contributed by atoms with Gasteiger partial charge in [0, 0.05) is 17.6 Å².